The standard InChI is InChI=1S/C20H26N4O3/c1-2-21-20(23-14-17-8-4-10-26-17)22-13-15-6-3-7-16(12-15)24-19(25)18-9-5-11-27-18/h3-4,6-8,10,12,18H,2,5,9,11,13-14H2,1H3,(H,24,25)(H2,21,22,23). The van der Waals surface area contributed by atoms with Crippen molar-refractivity contribution in [3.05, 3.63) is 54.0 Å². The van der Waals surface area contributed by atoms with E-state index in [9.17, 15) is 4.79 Å². The third-order valence-electron chi connectivity index (χ3n) is 4.19. The number of anilines is 1. The number of hydrogen-bond acceptors (Lipinski definition) is 4. The molecule has 0 aliphatic carbocycles. The predicted molar refractivity (Wildman–Crippen MR) is 104 cm³/mol. The summed E-state index contributed by atoms with van der Waals surface area (Å²) in [7, 11) is 0. The van der Waals surface area contributed by atoms with Gasteiger partial charge in [0, 0.05) is 18.8 Å². The van der Waals surface area contributed by atoms with Crippen molar-refractivity contribution in [1.82, 2.24) is 10.6 Å². The fourth-order valence-electron chi connectivity index (χ4n) is 2.85. The fraction of sp³-hybridized carbons (Fsp3) is 0.400. The maximum absolute atomic E-state index is 12.2. The third-order valence-corrected chi connectivity index (χ3v) is 4.19. The van der Waals surface area contributed by atoms with Gasteiger partial charge < -0.3 is 25.1 Å². The summed E-state index contributed by atoms with van der Waals surface area (Å²) < 4.78 is 10.7. The van der Waals surface area contributed by atoms with Gasteiger partial charge in [-0.25, -0.2) is 4.99 Å². The van der Waals surface area contributed by atoms with Gasteiger partial charge >= 0.3 is 0 Å². The molecule has 1 saturated heterocycles. The molecule has 1 fully saturated rings. The van der Waals surface area contributed by atoms with E-state index in [0.29, 0.717) is 25.7 Å². The molecular formula is C20H26N4O3. The number of nitrogens with one attached hydrogen (secondary N) is 3. The summed E-state index contributed by atoms with van der Waals surface area (Å²) in [5, 5.41) is 9.37. The molecule has 1 aliphatic rings. The second-order valence-electron chi connectivity index (χ2n) is 6.32. The Balaban J connectivity index is 1.57. The van der Waals surface area contributed by atoms with E-state index >= 15 is 0 Å². The van der Waals surface area contributed by atoms with E-state index in [2.05, 4.69) is 20.9 Å². The molecule has 0 radical (unpaired) electrons. The number of ether oxygens (including phenoxy) is 1. The van der Waals surface area contributed by atoms with E-state index in [1.165, 1.54) is 0 Å². The first-order valence-electron chi connectivity index (χ1n) is 9.30. The number of carbonyl (C=O) groups excluding carboxylic acids is 1. The molecule has 7 heteroatoms. The van der Waals surface area contributed by atoms with E-state index in [4.69, 9.17) is 9.15 Å². The molecule has 1 amide bonds. The minimum absolute atomic E-state index is 0.0818. The molecule has 27 heavy (non-hydrogen) atoms. The minimum Gasteiger partial charge on any atom is -0.467 e. The molecule has 3 N–H and O–H groups in total. The molecule has 0 saturated carbocycles. The number of rotatable bonds is 7. The monoisotopic (exact) mass is 370 g/mol. The van der Waals surface area contributed by atoms with Gasteiger partial charge in [0.1, 0.15) is 11.9 Å². The van der Waals surface area contributed by atoms with Crippen LogP contribution in [0.4, 0.5) is 5.69 Å². The van der Waals surface area contributed by atoms with Crippen LogP contribution in [0.3, 0.4) is 0 Å². The van der Waals surface area contributed by atoms with Gasteiger partial charge in [-0.2, -0.15) is 0 Å². The van der Waals surface area contributed by atoms with Crippen molar-refractivity contribution in [1.29, 1.82) is 0 Å². The summed E-state index contributed by atoms with van der Waals surface area (Å²) in [5.41, 5.74) is 1.77. The van der Waals surface area contributed by atoms with Gasteiger partial charge in [-0.05, 0) is 49.6 Å². The van der Waals surface area contributed by atoms with Crippen LogP contribution in [0, 0.1) is 0 Å². The van der Waals surface area contributed by atoms with Gasteiger partial charge in [0.2, 0.25) is 0 Å². The Morgan fingerprint density at radius 2 is 2.19 bits per heavy atom. The van der Waals surface area contributed by atoms with Crippen LogP contribution < -0.4 is 16.0 Å². The Hall–Kier alpha value is -2.80. The first-order valence-corrected chi connectivity index (χ1v) is 9.30. The van der Waals surface area contributed by atoms with Crippen LogP contribution in [0.15, 0.2) is 52.1 Å². The van der Waals surface area contributed by atoms with Gasteiger partial charge in [0.15, 0.2) is 5.96 Å². The molecule has 1 unspecified atom stereocenters. The smallest absolute Gasteiger partial charge is 0.253 e. The number of hydrogen-bond donors (Lipinski definition) is 3. The SMILES string of the molecule is CCNC(=NCc1cccc(NC(=O)C2CCCO2)c1)NCc1ccco1. The fourth-order valence-corrected chi connectivity index (χ4v) is 2.85. The van der Waals surface area contributed by atoms with Crippen molar-refractivity contribution >= 4 is 17.6 Å². The first-order chi connectivity index (χ1) is 13.2. The Kier molecular flexibility index (Phi) is 6.87. The lowest BCUT2D eigenvalue weighted by atomic mass is 10.2. The maximum atomic E-state index is 12.2. The molecule has 1 atom stereocenters. The highest BCUT2D eigenvalue weighted by atomic mass is 16.5. The van der Waals surface area contributed by atoms with Crippen LogP contribution in [-0.4, -0.2) is 31.1 Å². The highest BCUT2D eigenvalue weighted by Crippen LogP contribution is 2.16. The lowest BCUT2D eigenvalue weighted by Crippen LogP contribution is -2.36. The molecule has 7 nitrogen and oxygen atoms in total. The Bertz CT molecular complexity index is 752. The lowest BCUT2D eigenvalue weighted by molar-refractivity contribution is -0.124. The van der Waals surface area contributed by atoms with Crippen LogP contribution in [0.1, 0.15) is 31.1 Å². The van der Waals surface area contributed by atoms with Gasteiger partial charge in [-0.15, -0.1) is 0 Å². The summed E-state index contributed by atoms with van der Waals surface area (Å²) >= 11 is 0. The summed E-state index contributed by atoms with van der Waals surface area (Å²) in [6, 6.07) is 11.5. The van der Waals surface area contributed by atoms with Crippen molar-refractivity contribution in [2.75, 3.05) is 18.5 Å². The van der Waals surface area contributed by atoms with E-state index in [-0.39, 0.29) is 12.0 Å². The van der Waals surface area contributed by atoms with Gasteiger partial charge in [0.05, 0.1) is 19.4 Å². The van der Waals surface area contributed by atoms with Crippen LogP contribution in [0.25, 0.3) is 0 Å². The Morgan fingerprint density at radius 1 is 1.26 bits per heavy atom. The zero-order valence-corrected chi connectivity index (χ0v) is 15.5. The van der Waals surface area contributed by atoms with E-state index in [1.807, 2.05) is 43.3 Å². The quantitative estimate of drug-likeness (QED) is 0.515. The van der Waals surface area contributed by atoms with Crippen LogP contribution in [-0.2, 0) is 22.6 Å². The first kappa shape index (κ1) is 19.0. The largest absolute Gasteiger partial charge is 0.467 e. The second kappa shape index (κ2) is 9.78. The summed E-state index contributed by atoms with van der Waals surface area (Å²) in [5.74, 6) is 1.48. The Labute approximate surface area is 159 Å². The molecule has 1 aliphatic heterocycles. The average molecular weight is 370 g/mol. The van der Waals surface area contributed by atoms with Crippen LogP contribution >= 0.6 is 0 Å². The molecule has 144 valence electrons. The number of guanidine groups is 1. The van der Waals surface area contributed by atoms with Gasteiger partial charge in [-0.1, -0.05) is 12.1 Å². The maximum Gasteiger partial charge on any atom is 0.253 e. The third kappa shape index (κ3) is 5.86. The van der Waals surface area contributed by atoms with Gasteiger partial charge in [-0.3, -0.25) is 4.79 Å². The molecule has 1 aromatic carbocycles. The molecular weight excluding hydrogens is 344 g/mol. The molecule has 2 aromatic rings. The number of benzene rings is 1. The van der Waals surface area contributed by atoms with Crippen LogP contribution in [0.5, 0.6) is 0 Å². The summed E-state index contributed by atoms with van der Waals surface area (Å²) in [4.78, 5) is 16.8. The van der Waals surface area contributed by atoms with Crippen molar-refractivity contribution < 1.29 is 13.9 Å². The van der Waals surface area contributed by atoms with Crippen molar-refractivity contribution in [2.45, 2.75) is 39.0 Å². The molecule has 0 spiro atoms. The van der Waals surface area contributed by atoms with Crippen molar-refractivity contribution in [3.63, 3.8) is 0 Å². The normalized spacial score (nSPS) is 16.9. The lowest BCUT2D eigenvalue weighted by Gasteiger charge is -2.12. The topological polar surface area (TPSA) is 87.9 Å². The Morgan fingerprint density at radius 3 is 2.93 bits per heavy atom. The van der Waals surface area contributed by atoms with Crippen molar-refractivity contribution in [2.24, 2.45) is 4.99 Å². The number of amides is 1. The highest BCUT2D eigenvalue weighted by molar-refractivity contribution is 5.94. The number of aliphatic imine (C=N–C) groups is 1. The highest BCUT2D eigenvalue weighted by Gasteiger charge is 2.23. The van der Waals surface area contributed by atoms with Crippen molar-refractivity contribution in [3.8, 4) is 0 Å². The van der Waals surface area contributed by atoms with E-state index in [1.54, 1.807) is 6.26 Å². The van der Waals surface area contributed by atoms with Crippen LogP contribution in [0.2, 0.25) is 0 Å². The minimum atomic E-state index is -0.335. The summed E-state index contributed by atoms with van der Waals surface area (Å²) in [6.07, 6.45) is 3.03. The second-order valence-corrected chi connectivity index (χ2v) is 6.32. The predicted octanol–water partition coefficient (Wildman–Crippen LogP) is 2.65. The zero-order chi connectivity index (χ0) is 18.9. The average Bonchev–Trinajstić information content (AvgIpc) is 3.38. The molecule has 3 rings (SSSR count). The zero-order valence-electron chi connectivity index (χ0n) is 15.5. The van der Waals surface area contributed by atoms with Gasteiger partial charge in [0.25, 0.3) is 5.91 Å². The molecule has 0 bridgehead atoms. The van der Waals surface area contributed by atoms with E-state index in [0.717, 1.165) is 36.4 Å². The molecule has 2 heterocycles. The summed E-state index contributed by atoms with van der Waals surface area (Å²) in [6.45, 7) is 4.51. The molecule has 1 aromatic heterocycles. The number of nitrogens with zero attached hydrogens (tertiary/aromatic N) is 1. The number of furan rings is 1. The van der Waals surface area contributed by atoms with E-state index < -0.39 is 0 Å². The number of carbonyl (C=O) groups is 1.